The van der Waals surface area contributed by atoms with Crippen LogP contribution in [-0.4, -0.2) is 11.0 Å². The number of thiocarbonyl (C=S) groups is 1. The van der Waals surface area contributed by atoms with Crippen LogP contribution in [0.5, 0.6) is 0 Å². The lowest BCUT2D eigenvalue weighted by molar-refractivity contribution is -0.120. The van der Waals surface area contributed by atoms with Crippen molar-refractivity contribution in [3.63, 3.8) is 0 Å². The van der Waals surface area contributed by atoms with Gasteiger partial charge < -0.3 is 10.6 Å². The van der Waals surface area contributed by atoms with Crippen LogP contribution in [0.25, 0.3) is 0 Å². The van der Waals surface area contributed by atoms with Crippen molar-refractivity contribution in [1.82, 2.24) is 5.32 Å². The Morgan fingerprint density at radius 1 is 1.17 bits per heavy atom. The second-order valence-corrected chi connectivity index (χ2v) is 5.59. The number of carbonyl (C=O) groups is 1. The monoisotopic (exact) mass is 322 g/mol. The van der Waals surface area contributed by atoms with Gasteiger partial charge in [-0.05, 0) is 37.2 Å². The second-order valence-electron chi connectivity index (χ2n) is 3.96. The van der Waals surface area contributed by atoms with Gasteiger partial charge in [0.05, 0.1) is 20.8 Å². The fourth-order valence-electron chi connectivity index (χ4n) is 1.33. The zero-order valence-electron chi connectivity index (χ0n) is 9.10. The Morgan fingerprint density at radius 2 is 1.78 bits per heavy atom. The highest BCUT2D eigenvalue weighted by atomic mass is 35.5. The number of amides is 1. The first-order valence-electron chi connectivity index (χ1n) is 5.24. The Bertz CT molecular complexity index is 517. The first kappa shape index (κ1) is 13.9. The summed E-state index contributed by atoms with van der Waals surface area (Å²) >= 11 is 22.7. The van der Waals surface area contributed by atoms with E-state index in [1.807, 2.05) is 0 Å². The summed E-state index contributed by atoms with van der Waals surface area (Å²) in [5, 5.41) is 6.72. The zero-order valence-corrected chi connectivity index (χ0v) is 12.2. The Kier molecular flexibility index (Phi) is 4.33. The normalized spacial score (nSPS) is 14.2. The molecule has 1 saturated carbocycles. The molecule has 1 aromatic rings. The molecular weight excluding hydrogens is 315 g/mol. The average molecular weight is 324 g/mol. The molecule has 0 atom stereocenters. The molecule has 1 aliphatic carbocycles. The van der Waals surface area contributed by atoms with Crippen molar-refractivity contribution in [1.29, 1.82) is 0 Å². The summed E-state index contributed by atoms with van der Waals surface area (Å²) < 4.78 is 0. The highest BCUT2D eigenvalue weighted by molar-refractivity contribution is 7.80. The molecule has 0 unspecified atom stereocenters. The van der Waals surface area contributed by atoms with Crippen LogP contribution in [0.15, 0.2) is 12.1 Å². The van der Waals surface area contributed by atoms with Gasteiger partial charge in [0.25, 0.3) is 0 Å². The first-order valence-corrected chi connectivity index (χ1v) is 6.78. The summed E-state index contributed by atoms with van der Waals surface area (Å²) in [7, 11) is 0. The minimum absolute atomic E-state index is 0.0660. The van der Waals surface area contributed by atoms with E-state index < -0.39 is 0 Å². The number of anilines is 1. The number of hydrogen-bond donors (Lipinski definition) is 2. The molecule has 0 radical (unpaired) electrons. The van der Waals surface area contributed by atoms with Crippen LogP contribution in [0.3, 0.4) is 0 Å². The van der Waals surface area contributed by atoms with E-state index in [2.05, 4.69) is 10.6 Å². The molecule has 1 fully saturated rings. The predicted molar refractivity (Wildman–Crippen MR) is 78.6 cm³/mol. The third kappa shape index (κ3) is 3.48. The molecular formula is C11H9Cl3N2OS. The van der Waals surface area contributed by atoms with Crippen molar-refractivity contribution in [2.45, 2.75) is 12.8 Å². The smallest absolute Gasteiger partial charge is 0.229 e. The van der Waals surface area contributed by atoms with E-state index >= 15 is 0 Å². The van der Waals surface area contributed by atoms with E-state index in [4.69, 9.17) is 47.0 Å². The van der Waals surface area contributed by atoms with Crippen molar-refractivity contribution in [2.75, 3.05) is 5.32 Å². The van der Waals surface area contributed by atoms with Gasteiger partial charge in [-0.15, -0.1) is 0 Å². The van der Waals surface area contributed by atoms with Crippen molar-refractivity contribution >= 4 is 63.7 Å². The highest BCUT2D eigenvalue weighted by Crippen LogP contribution is 2.32. The summed E-state index contributed by atoms with van der Waals surface area (Å²) in [6, 6.07) is 3.07. The maximum atomic E-state index is 11.5. The molecule has 1 aromatic carbocycles. The molecule has 1 aliphatic rings. The van der Waals surface area contributed by atoms with Gasteiger partial charge in [-0.2, -0.15) is 0 Å². The number of benzene rings is 1. The van der Waals surface area contributed by atoms with Crippen LogP contribution >= 0.6 is 47.0 Å². The topological polar surface area (TPSA) is 41.1 Å². The van der Waals surface area contributed by atoms with E-state index in [-0.39, 0.29) is 16.9 Å². The lowest BCUT2D eigenvalue weighted by Crippen LogP contribution is -2.35. The largest absolute Gasteiger partial charge is 0.331 e. The molecule has 0 bridgehead atoms. The molecule has 0 aromatic heterocycles. The quantitative estimate of drug-likeness (QED) is 0.641. The van der Waals surface area contributed by atoms with Gasteiger partial charge in [0.15, 0.2) is 5.11 Å². The lowest BCUT2D eigenvalue weighted by atomic mass is 10.3. The standard InChI is InChI=1S/C11H9Cl3N2OS/c12-6-3-8(14)9(4-7(6)13)15-11(18)16-10(17)5-1-2-5/h3-5H,1-2H2,(H2,15,16,17,18). The summed E-state index contributed by atoms with van der Waals surface area (Å²) in [5.74, 6) is 0.0257. The van der Waals surface area contributed by atoms with E-state index in [1.54, 1.807) is 6.07 Å². The number of halogens is 3. The number of hydrogen-bond acceptors (Lipinski definition) is 2. The van der Waals surface area contributed by atoms with Crippen molar-refractivity contribution < 1.29 is 4.79 Å². The molecule has 2 N–H and O–H groups in total. The van der Waals surface area contributed by atoms with Crippen LogP contribution in [0, 0.1) is 5.92 Å². The average Bonchev–Trinajstić information content (AvgIpc) is 3.09. The fourth-order valence-corrected chi connectivity index (χ4v) is 2.14. The maximum Gasteiger partial charge on any atom is 0.229 e. The number of rotatable bonds is 2. The Hall–Kier alpha value is -0.550. The first-order chi connectivity index (χ1) is 8.47. The molecule has 0 heterocycles. The van der Waals surface area contributed by atoms with Crippen molar-refractivity contribution in [2.24, 2.45) is 5.92 Å². The SMILES string of the molecule is O=C(NC(=S)Nc1cc(Cl)c(Cl)cc1Cl)C1CC1. The van der Waals surface area contributed by atoms with Crippen LogP contribution in [-0.2, 0) is 4.79 Å². The van der Waals surface area contributed by atoms with Gasteiger partial charge in [0.1, 0.15) is 0 Å². The molecule has 2 rings (SSSR count). The molecule has 0 spiro atoms. The Balaban J connectivity index is 2.02. The maximum absolute atomic E-state index is 11.5. The van der Waals surface area contributed by atoms with E-state index in [9.17, 15) is 4.79 Å². The Morgan fingerprint density at radius 3 is 2.39 bits per heavy atom. The molecule has 1 amide bonds. The summed E-state index contributed by atoms with van der Waals surface area (Å²) in [5.41, 5.74) is 0.507. The van der Waals surface area contributed by atoms with Crippen LogP contribution < -0.4 is 10.6 Å². The third-order valence-electron chi connectivity index (χ3n) is 2.44. The zero-order chi connectivity index (χ0) is 13.3. The second kappa shape index (κ2) is 5.61. The molecule has 0 aliphatic heterocycles. The van der Waals surface area contributed by atoms with Gasteiger partial charge in [-0.3, -0.25) is 4.79 Å². The summed E-state index contributed by atoms with van der Waals surface area (Å²) in [6.07, 6.45) is 1.84. The molecule has 0 saturated heterocycles. The predicted octanol–water partition coefficient (Wildman–Crippen LogP) is 3.87. The lowest BCUT2D eigenvalue weighted by Gasteiger charge is -2.11. The van der Waals surface area contributed by atoms with E-state index in [0.29, 0.717) is 20.8 Å². The van der Waals surface area contributed by atoms with Gasteiger partial charge in [-0.1, -0.05) is 34.8 Å². The van der Waals surface area contributed by atoms with Crippen molar-refractivity contribution in [3.05, 3.63) is 27.2 Å². The van der Waals surface area contributed by atoms with Crippen LogP contribution in [0.2, 0.25) is 15.1 Å². The summed E-state index contributed by atoms with van der Waals surface area (Å²) in [6.45, 7) is 0. The van der Waals surface area contributed by atoms with E-state index in [0.717, 1.165) is 12.8 Å². The number of nitrogens with one attached hydrogen (secondary N) is 2. The van der Waals surface area contributed by atoms with Crippen LogP contribution in [0.4, 0.5) is 5.69 Å². The van der Waals surface area contributed by atoms with E-state index in [1.165, 1.54) is 6.07 Å². The molecule has 96 valence electrons. The van der Waals surface area contributed by atoms with Crippen molar-refractivity contribution in [3.8, 4) is 0 Å². The van der Waals surface area contributed by atoms with Gasteiger partial charge in [0.2, 0.25) is 5.91 Å². The third-order valence-corrected chi connectivity index (χ3v) is 3.68. The Labute approximate surface area is 125 Å². The number of carbonyl (C=O) groups excluding carboxylic acids is 1. The molecule has 18 heavy (non-hydrogen) atoms. The minimum atomic E-state index is -0.0660. The fraction of sp³-hybridized carbons (Fsp3) is 0.273. The molecule has 3 nitrogen and oxygen atoms in total. The molecule has 7 heteroatoms. The van der Waals surface area contributed by atoms with Gasteiger partial charge >= 0.3 is 0 Å². The highest BCUT2D eigenvalue weighted by Gasteiger charge is 2.30. The van der Waals surface area contributed by atoms with Crippen LogP contribution in [0.1, 0.15) is 12.8 Å². The summed E-state index contributed by atoms with van der Waals surface area (Å²) in [4.78, 5) is 11.5. The minimum Gasteiger partial charge on any atom is -0.331 e. The van der Waals surface area contributed by atoms with Gasteiger partial charge in [-0.25, -0.2) is 0 Å². The van der Waals surface area contributed by atoms with Gasteiger partial charge in [0, 0.05) is 5.92 Å².